The van der Waals surface area contributed by atoms with Crippen LogP contribution in [0.25, 0.3) is 0 Å². The minimum atomic E-state index is 0.648. The fourth-order valence-electron chi connectivity index (χ4n) is 0.204. The molecule has 0 aromatic carbocycles. The molecule has 26 heavy (non-hydrogen) atoms. The van der Waals surface area contributed by atoms with Crippen LogP contribution in [0.2, 0.25) is 0 Å². The van der Waals surface area contributed by atoms with Crippen molar-refractivity contribution in [1.82, 2.24) is 0 Å². The van der Waals surface area contributed by atoms with E-state index in [4.69, 9.17) is 0 Å². The molecule has 0 radical (unpaired) electrons. The first kappa shape index (κ1) is 35.7. The summed E-state index contributed by atoms with van der Waals surface area (Å²) in [5.74, 6) is 0.648. The molecular weight excluding hydrogens is 312 g/mol. The van der Waals surface area contributed by atoms with Crippen molar-refractivity contribution in [3.63, 3.8) is 0 Å². The summed E-state index contributed by atoms with van der Waals surface area (Å²) in [6, 6.07) is 0. The summed E-state index contributed by atoms with van der Waals surface area (Å²) in [4.78, 5) is 0. The summed E-state index contributed by atoms with van der Waals surface area (Å²) in [6.07, 6.45) is 10.4. The van der Waals surface area contributed by atoms with Crippen molar-refractivity contribution in [1.29, 1.82) is 0 Å². The van der Waals surface area contributed by atoms with Crippen molar-refractivity contribution in [2.75, 3.05) is 0 Å². The summed E-state index contributed by atoms with van der Waals surface area (Å²) in [5.41, 5.74) is 5.61. The average Bonchev–Trinajstić information content (AvgIpc) is 2.57. The molecule has 0 fully saturated rings. The first-order chi connectivity index (χ1) is 11.9. The predicted molar refractivity (Wildman–Crippen MR) is 130 cm³/mol. The molecule has 0 unspecified atom stereocenters. The van der Waals surface area contributed by atoms with Gasteiger partial charge in [-0.3, -0.25) is 0 Å². The zero-order chi connectivity index (χ0) is 22.1. The molecule has 0 nitrogen and oxygen atoms in total. The van der Waals surface area contributed by atoms with Gasteiger partial charge >= 0.3 is 0 Å². The van der Waals surface area contributed by atoms with E-state index in [0.717, 1.165) is 6.42 Å². The highest BCUT2D eigenvalue weighted by molar-refractivity contribution is 5.02. The van der Waals surface area contributed by atoms with Gasteiger partial charge in [0, 0.05) is 0 Å². The maximum absolute atomic E-state index is 3.56. The van der Waals surface area contributed by atoms with Crippen LogP contribution in [-0.4, -0.2) is 0 Å². The van der Waals surface area contributed by atoms with Gasteiger partial charge in [-0.2, -0.15) is 0 Å². The number of allylic oxidation sites excluding steroid dienone is 8. The molecule has 0 aliphatic carbocycles. The Morgan fingerprint density at radius 3 is 0.962 bits per heavy atom. The minimum Gasteiger partial charge on any atom is -0.103 e. The number of rotatable bonds is 3. The van der Waals surface area contributed by atoms with Crippen LogP contribution in [-0.2, 0) is 0 Å². The molecule has 0 aromatic rings. The topological polar surface area (TPSA) is 0 Å². The molecule has 0 heteroatoms. The smallest absolute Gasteiger partial charge is 0.0293 e. The minimum absolute atomic E-state index is 0.648. The van der Waals surface area contributed by atoms with Gasteiger partial charge in [-0.05, 0) is 81.6 Å². The monoisotopic (exact) mass is 364 g/mol. The first-order valence-corrected chi connectivity index (χ1v) is 9.90. The fourth-order valence-corrected chi connectivity index (χ4v) is 0.204. The van der Waals surface area contributed by atoms with Gasteiger partial charge in [0.1, 0.15) is 0 Å². The van der Waals surface area contributed by atoms with Gasteiger partial charge in [-0.25, -0.2) is 0 Å². The summed E-state index contributed by atoms with van der Waals surface area (Å²) >= 11 is 0. The Labute approximate surface area is 168 Å². The van der Waals surface area contributed by atoms with E-state index in [1.165, 1.54) is 28.7 Å². The zero-order valence-electron chi connectivity index (χ0n) is 20.7. The van der Waals surface area contributed by atoms with Gasteiger partial charge in [-0.15, -0.1) is 13.2 Å². The fraction of sp³-hybridized carbons (Fsp3) is 0.615. The van der Waals surface area contributed by atoms with Gasteiger partial charge < -0.3 is 0 Å². The van der Waals surface area contributed by atoms with E-state index in [9.17, 15) is 0 Å². The van der Waals surface area contributed by atoms with Crippen LogP contribution in [0.15, 0.2) is 59.8 Å². The Hall–Kier alpha value is -1.30. The molecule has 0 amide bonds. The second kappa shape index (κ2) is 31.5. The standard InChI is InChI=1S/C6H12.4C5H10/c1-5(2)6(3)4;3*1-4-5(2)3;1-3-5-4-2/h1-4H3;2*4H,1-3H3;4-5H,1H2,2-3H3;3H,1,4-5H2,2H3. The van der Waals surface area contributed by atoms with Crippen molar-refractivity contribution in [2.24, 2.45) is 5.92 Å². The van der Waals surface area contributed by atoms with E-state index in [1.54, 1.807) is 0 Å². The summed E-state index contributed by atoms with van der Waals surface area (Å²) in [5, 5.41) is 0. The van der Waals surface area contributed by atoms with Crippen molar-refractivity contribution < 1.29 is 0 Å². The lowest BCUT2D eigenvalue weighted by molar-refractivity contribution is 0.835. The van der Waals surface area contributed by atoms with E-state index in [0.29, 0.717) is 5.92 Å². The number of hydrogen-bond donors (Lipinski definition) is 0. The maximum Gasteiger partial charge on any atom is -0.0293 e. The third-order valence-electron chi connectivity index (χ3n) is 3.12. The lowest BCUT2D eigenvalue weighted by Gasteiger charge is -1.88. The Morgan fingerprint density at radius 1 is 0.731 bits per heavy atom. The van der Waals surface area contributed by atoms with E-state index in [2.05, 4.69) is 101 Å². The van der Waals surface area contributed by atoms with Gasteiger partial charge in [-0.1, -0.05) is 73.8 Å². The molecule has 0 aliphatic heterocycles. The molecule has 0 saturated carbocycles. The van der Waals surface area contributed by atoms with E-state index >= 15 is 0 Å². The summed E-state index contributed by atoms with van der Waals surface area (Å²) < 4.78 is 0. The Balaban J connectivity index is -0.0000000708. The van der Waals surface area contributed by atoms with Crippen LogP contribution in [0, 0.1) is 5.92 Å². The SMILES string of the molecule is C=CC(C)C.C=CCCC.CC(C)=C(C)C.CC=C(C)C.CC=C(C)C. The van der Waals surface area contributed by atoms with Crippen LogP contribution in [0.4, 0.5) is 0 Å². The molecule has 0 heterocycles. The van der Waals surface area contributed by atoms with Crippen molar-refractivity contribution in [2.45, 2.75) is 103 Å². The highest BCUT2D eigenvalue weighted by atomic mass is 13.8. The zero-order valence-corrected chi connectivity index (χ0v) is 20.7. The van der Waals surface area contributed by atoms with Crippen LogP contribution in [0.5, 0.6) is 0 Å². The van der Waals surface area contributed by atoms with Gasteiger partial charge in [0.05, 0.1) is 0 Å². The largest absolute Gasteiger partial charge is 0.103 e. The van der Waals surface area contributed by atoms with Gasteiger partial charge in [0.15, 0.2) is 0 Å². The van der Waals surface area contributed by atoms with E-state index in [-0.39, 0.29) is 0 Å². The molecule has 156 valence electrons. The van der Waals surface area contributed by atoms with Crippen molar-refractivity contribution in [3.8, 4) is 0 Å². The van der Waals surface area contributed by atoms with Gasteiger partial charge in [0.25, 0.3) is 0 Å². The molecule has 0 N–H and O–H groups in total. The Bertz CT molecular complexity index is 331. The molecular formula is C26H52. The van der Waals surface area contributed by atoms with Crippen molar-refractivity contribution >= 4 is 0 Å². The second-order valence-corrected chi connectivity index (χ2v) is 7.29. The van der Waals surface area contributed by atoms with E-state index in [1.807, 2.05) is 26.0 Å². The third kappa shape index (κ3) is 93.4. The molecule has 0 aliphatic rings. The van der Waals surface area contributed by atoms with Crippen LogP contribution < -0.4 is 0 Å². The van der Waals surface area contributed by atoms with Crippen LogP contribution >= 0.6 is 0 Å². The van der Waals surface area contributed by atoms with E-state index < -0.39 is 0 Å². The predicted octanol–water partition coefficient (Wildman–Crippen LogP) is 10.1. The molecule has 0 saturated heterocycles. The third-order valence-corrected chi connectivity index (χ3v) is 3.12. The maximum atomic E-state index is 3.56. The molecule has 0 bridgehead atoms. The normalized spacial score (nSPS) is 7.62. The Morgan fingerprint density at radius 2 is 0.962 bits per heavy atom. The summed E-state index contributed by atoms with van der Waals surface area (Å²) in [7, 11) is 0. The average molecular weight is 365 g/mol. The number of hydrogen-bond acceptors (Lipinski definition) is 0. The molecule has 0 rings (SSSR count). The highest BCUT2D eigenvalue weighted by Crippen LogP contribution is 1.97. The van der Waals surface area contributed by atoms with Crippen molar-refractivity contribution in [3.05, 3.63) is 59.8 Å². The number of unbranched alkanes of at least 4 members (excludes halogenated alkanes) is 1. The van der Waals surface area contributed by atoms with Crippen LogP contribution in [0.3, 0.4) is 0 Å². The molecule has 0 atom stereocenters. The lowest BCUT2D eigenvalue weighted by atomic mass is 10.2. The lowest BCUT2D eigenvalue weighted by Crippen LogP contribution is -1.71. The summed E-state index contributed by atoms with van der Waals surface area (Å²) in [6.45, 7) is 34.3. The van der Waals surface area contributed by atoms with Crippen LogP contribution in [0.1, 0.15) is 103 Å². The molecule has 0 spiro atoms. The Kier molecular flexibility index (Phi) is 43.3. The quantitative estimate of drug-likeness (QED) is 0.437. The highest BCUT2D eigenvalue weighted by Gasteiger charge is 1.75. The first-order valence-electron chi connectivity index (χ1n) is 9.90. The second-order valence-electron chi connectivity index (χ2n) is 7.29. The van der Waals surface area contributed by atoms with Gasteiger partial charge in [0.2, 0.25) is 0 Å². The molecule has 0 aromatic heterocycles.